The number of benzene rings is 1. The molecular formula is C19H26N4O2. The molecule has 1 aliphatic carbocycles. The largest absolute Gasteiger partial charge is 0.396 e. The number of hydrogen-bond acceptors (Lipinski definition) is 3. The molecule has 0 saturated carbocycles. The van der Waals surface area contributed by atoms with Gasteiger partial charge in [-0.05, 0) is 42.4 Å². The number of amides is 2. The number of nitrogens with zero attached hydrogens (tertiary/aromatic N) is 3. The molecule has 134 valence electrons. The predicted molar refractivity (Wildman–Crippen MR) is 96.2 cm³/mol. The van der Waals surface area contributed by atoms with Crippen molar-refractivity contribution < 1.29 is 9.90 Å². The first kappa shape index (κ1) is 17.5. The van der Waals surface area contributed by atoms with Crippen molar-refractivity contribution in [1.29, 1.82) is 0 Å². The van der Waals surface area contributed by atoms with Crippen LogP contribution in [0.3, 0.4) is 0 Å². The van der Waals surface area contributed by atoms with Crippen molar-refractivity contribution in [3.8, 4) is 0 Å². The van der Waals surface area contributed by atoms with Crippen LogP contribution in [-0.4, -0.2) is 45.5 Å². The van der Waals surface area contributed by atoms with Crippen molar-refractivity contribution in [2.45, 2.75) is 31.7 Å². The average molecular weight is 342 g/mol. The number of carbonyl (C=O) groups excluding carboxylic acids is 1. The van der Waals surface area contributed by atoms with Crippen LogP contribution < -0.4 is 5.32 Å². The van der Waals surface area contributed by atoms with E-state index < -0.39 is 0 Å². The normalized spacial score (nSPS) is 15.8. The number of carbonyl (C=O) groups is 1. The summed E-state index contributed by atoms with van der Waals surface area (Å²) < 4.78 is 1.76. The summed E-state index contributed by atoms with van der Waals surface area (Å²) in [5.41, 5.74) is 3.67. The van der Waals surface area contributed by atoms with Crippen LogP contribution in [0.1, 0.15) is 35.6 Å². The van der Waals surface area contributed by atoms with Crippen molar-refractivity contribution in [3.63, 3.8) is 0 Å². The molecule has 0 radical (unpaired) electrons. The summed E-state index contributed by atoms with van der Waals surface area (Å²) in [6.07, 6.45) is 7.08. The first-order valence-electron chi connectivity index (χ1n) is 8.89. The van der Waals surface area contributed by atoms with Crippen LogP contribution in [-0.2, 0) is 19.9 Å². The Bertz CT molecular complexity index is 713. The summed E-state index contributed by atoms with van der Waals surface area (Å²) in [5.74, 6) is 0. The zero-order valence-electron chi connectivity index (χ0n) is 14.7. The third-order valence-corrected chi connectivity index (χ3v) is 4.74. The summed E-state index contributed by atoms with van der Waals surface area (Å²) in [6, 6.07) is 8.37. The van der Waals surface area contributed by atoms with E-state index in [0.29, 0.717) is 19.5 Å². The fraction of sp³-hybridized carbons (Fsp3) is 0.474. The lowest BCUT2D eigenvalue weighted by molar-refractivity contribution is 0.165. The number of rotatable bonds is 7. The zero-order chi connectivity index (χ0) is 17.6. The predicted octanol–water partition coefficient (Wildman–Crippen LogP) is 2.04. The zero-order valence-corrected chi connectivity index (χ0v) is 14.7. The van der Waals surface area contributed by atoms with Gasteiger partial charge in [0, 0.05) is 32.9 Å². The highest BCUT2D eigenvalue weighted by atomic mass is 16.3. The number of urea groups is 1. The van der Waals surface area contributed by atoms with Crippen molar-refractivity contribution in [2.75, 3.05) is 19.7 Å². The molecule has 0 spiro atoms. The van der Waals surface area contributed by atoms with Gasteiger partial charge in [-0.3, -0.25) is 4.68 Å². The monoisotopic (exact) mass is 342 g/mol. The first-order valence-corrected chi connectivity index (χ1v) is 8.89. The number of aryl methyl sites for hydroxylation is 2. The second-order valence-electron chi connectivity index (χ2n) is 6.53. The third kappa shape index (κ3) is 4.20. The van der Waals surface area contributed by atoms with Gasteiger partial charge in [0.1, 0.15) is 0 Å². The van der Waals surface area contributed by atoms with Crippen molar-refractivity contribution in [1.82, 2.24) is 20.0 Å². The molecule has 3 rings (SSSR count). The van der Waals surface area contributed by atoms with Gasteiger partial charge in [-0.15, -0.1) is 0 Å². The average Bonchev–Trinajstić information content (AvgIpc) is 3.22. The SMILES string of the molecule is Cn1cc(CCNC(=O)N(CCCO)C2CCc3ccccc32)cn1. The lowest BCUT2D eigenvalue weighted by atomic mass is 10.1. The highest BCUT2D eigenvalue weighted by Gasteiger charge is 2.30. The van der Waals surface area contributed by atoms with Gasteiger partial charge in [0.25, 0.3) is 0 Å². The Kier molecular flexibility index (Phi) is 5.71. The molecule has 0 saturated heterocycles. The second kappa shape index (κ2) is 8.16. The van der Waals surface area contributed by atoms with E-state index in [1.165, 1.54) is 11.1 Å². The number of fused-ring (bicyclic) bond motifs is 1. The molecule has 0 aliphatic heterocycles. The van der Waals surface area contributed by atoms with Gasteiger partial charge in [-0.25, -0.2) is 4.79 Å². The number of nitrogens with one attached hydrogen (secondary N) is 1. The van der Waals surface area contributed by atoms with Gasteiger partial charge in [-0.2, -0.15) is 5.10 Å². The summed E-state index contributed by atoms with van der Waals surface area (Å²) >= 11 is 0. The molecule has 6 nitrogen and oxygen atoms in total. The Labute approximate surface area is 148 Å². The highest BCUT2D eigenvalue weighted by molar-refractivity contribution is 5.75. The third-order valence-electron chi connectivity index (χ3n) is 4.74. The van der Waals surface area contributed by atoms with Crippen LogP contribution in [0.4, 0.5) is 4.79 Å². The summed E-state index contributed by atoms with van der Waals surface area (Å²) in [4.78, 5) is 14.6. The number of aliphatic hydroxyl groups is 1. The molecule has 2 aromatic rings. The minimum absolute atomic E-state index is 0.0564. The van der Waals surface area contributed by atoms with Crippen molar-refractivity contribution >= 4 is 6.03 Å². The molecule has 1 aromatic heterocycles. The molecule has 1 aliphatic rings. The minimum atomic E-state index is -0.0564. The Hall–Kier alpha value is -2.34. The molecule has 2 amide bonds. The summed E-state index contributed by atoms with van der Waals surface area (Å²) in [6.45, 7) is 1.23. The van der Waals surface area contributed by atoms with Crippen LogP contribution in [0.25, 0.3) is 0 Å². The quantitative estimate of drug-likeness (QED) is 0.809. The number of aromatic nitrogens is 2. The van der Waals surface area contributed by atoms with Gasteiger partial charge in [0.05, 0.1) is 12.2 Å². The van der Waals surface area contributed by atoms with E-state index in [4.69, 9.17) is 0 Å². The van der Waals surface area contributed by atoms with Crippen LogP contribution in [0.5, 0.6) is 0 Å². The highest BCUT2D eigenvalue weighted by Crippen LogP contribution is 2.35. The Morgan fingerprint density at radius 3 is 3.04 bits per heavy atom. The lowest BCUT2D eigenvalue weighted by Crippen LogP contribution is -2.43. The topological polar surface area (TPSA) is 70.4 Å². The van der Waals surface area contributed by atoms with Gasteiger partial charge < -0.3 is 15.3 Å². The van der Waals surface area contributed by atoms with E-state index in [9.17, 15) is 9.90 Å². The van der Waals surface area contributed by atoms with Gasteiger partial charge >= 0.3 is 6.03 Å². The summed E-state index contributed by atoms with van der Waals surface area (Å²) in [5, 5.41) is 16.4. The van der Waals surface area contributed by atoms with Gasteiger partial charge in [0.2, 0.25) is 0 Å². The number of hydrogen-bond donors (Lipinski definition) is 2. The molecular weight excluding hydrogens is 316 g/mol. The van der Waals surface area contributed by atoms with E-state index in [0.717, 1.165) is 24.8 Å². The molecule has 0 bridgehead atoms. The molecule has 0 fully saturated rings. The van der Waals surface area contributed by atoms with Crippen LogP contribution >= 0.6 is 0 Å². The second-order valence-corrected chi connectivity index (χ2v) is 6.53. The van der Waals surface area contributed by atoms with Crippen LogP contribution in [0.15, 0.2) is 36.7 Å². The van der Waals surface area contributed by atoms with Crippen LogP contribution in [0.2, 0.25) is 0 Å². The lowest BCUT2D eigenvalue weighted by Gasteiger charge is -2.30. The molecule has 2 N–H and O–H groups in total. The molecule has 6 heteroatoms. The fourth-order valence-corrected chi connectivity index (χ4v) is 3.51. The van der Waals surface area contributed by atoms with Crippen LogP contribution in [0, 0.1) is 0 Å². The molecule has 1 aromatic carbocycles. The maximum Gasteiger partial charge on any atom is 0.317 e. The summed E-state index contributed by atoms with van der Waals surface area (Å²) in [7, 11) is 1.89. The smallest absolute Gasteiger partial charge is 0.317 e. The standard InChI is InChI=1S/C19H26N4O2/c1-22-14-15(13-21-22)9-10-20-19(25)23(11-4-12-24)18-8-7-16-5-2-3-6-17(16)18/h2-3,5-6,13-14,18,24H,4,7-12H2,1H3,(H,20,25). The van der Waals surface area contributed by atoms with Crippen molar-refractivity contribution in [2.24, 2.45) is 7.05 Å². The Morgan fingerprint density at radius 2 is 2.28 bits per heavy atom. The molecule has 25 heavy (non-hydrogen) atoms. The fourth-order valence-electron chi connectivity index (χ4n) is 3.51. The van der Waals surface area contributed by atoms with E-state index >= 15 is 0 Å². The van der Waals surface area contributed by atoms with E-state index in [-0.39, 0.29) is 18.7 Å². The minimum Gasteiger partial charge on any atom is -0.396 e. The first-order chi connectivity index (χ1) is 12.2. The van der Waals surface area contributed by atoms with Crippen molar-refractivity contribution in [3.05, 3.63) is 53.3 Å². The maximum atomic E-state index is 12.8. The van der Waals surface area contributed by atoms with Gasteiger partial charge in [-0.1, -0.05) is 24.3 Å². The van der Waals surface area contributed by atoms with E-state index in [2.05, 4.69) is 22.5 Å². The van der Waals surface area contributed by atoms with E-state index in [1.54, 1.807) is 4.68 Å². The molecule has 1 atom stereocenters. The molecule has 1 unspecified atom stereocenters. The molecule has 1 heterocycles. The van der Waals surface area contributed by atoms with Gasteiger partial charge in [0.15, 0.2) is 0 Å². The Balaban J connectivity index is 1.63. The maximum absolute atomic E-state index is 12.8. The number of aliphatic hydroxyl groups excluding tert-OH is 1. The Morgan fingerprint density at radius 1 is 1.44 bits per heavy atom. The van der Waals surface area contributed by atoms with E-state index in [1.807, 2.05) is 36.5 Å².